The number of nitrogens with one attached hydrogen (secondary N) is 2. The highest BCUT2D eigenvalue weighted by Gasteiger charge is 2.14. The number of benzene rings is 1. The maximum atomic E-state index is 12.4. The van der Waals surface area contributed by atoms with Crippen LogP contribution in [-0.2, 0) is 0 Å². The van der Waals surface area contributed by atoms with Crippen molar-refractivity contribution in [3.05, 3.63) is 42.0 Å². The highest BCUT2D eigenvalue weighted by molar-refractivity contribution is 6.00. The third-order valence-electron chi connectivity index (χ3n) is 3.51. The Morgan fingerprint density at radius 2 is 2.04 bits per heavy atom. The number of hydrogen-bond donors (Lipinski definition) is 2. The molecule has 0 fully saturated rings. The lowest BCUT2D eigenvalue weighted by Gasteiger charge is -2.12. The van der Waals surface area contributed by atoms with Gasteiger partial charge in [-0.3, -0.25) is 5.32 Å². The molecule has 0 radical (unpaired) electrons. The van der Waals surface area contributed by atoms with Crippen LogP contribution in [0.5, 0.6) is 11.6 Å². The van der Waals surface area contributed by atoms with Crippen LogP contribution in [-0.4, -0.2) is 34.3 Å². The predicted octanol–water partition coefficient (Wildman–Crippen LogP) is 3.09. The summed E-state index contributed by atoms with van der Waals surface area (Å²) < 4.78 is 12.5. The minimum absolute atomic E-state index is 0.267. The second-order valence-electron chi connectivity index (χ2n) is 5.30. The third kappa shape index (κ3) is 3.47. The quantitative estimate of drug-likeness (QED) is 0.744. The number of rotatable bonds is 5. The molecule has 0 saturated carbocycles. The van der Waals surface area contributed by atoms with Gasteiger partial charge in [0.15, 0.2) is 5.65 Å². The molecule has 2 amide bonds. The molecule has 2 aromatic heterocycles. The fourth-order valence-corrected chi connectivity index (χ4v) is 2.43. The summed E-state index contributed by atoms with van der Waals surface area (Å²) in [5.41, 5.74) is 2.15. The van der Waals surface area contributed by atoms with E-state index in [4.69, 9.17) is 9.47 Å². The SMILES string of the molecule is CCOc1cccc2nnc(NC(=O)Nc3cc(C)ccc3OC)n12. The number of methoxy groups -OCH3 is 1. The molecule has 0 aliphatic carbocycles. The molecule has 0 atom stereocenters. The molecule has 0 saturated heterocycles. The summed E-state index contributed by atoms with van der Waals surface area (Å²) in [5, 5.41) is 13.5. The second-order valence-corrected chi connectivity index (χ2v) is 5.30. The first kappa shape index (κ1) is 16.6. The van der Waals surface area contributed by atoms with E-state index >= 15 is 0 Å². The summed E-state index contributed by atoms with van der Waals surface area (Å²) in [6.07, 6.45) is 0. The Kier molecular flexibility index (Phi) is 4.69. The molecule has 0 unspecified atom stereocenters. The summed E-state index contributed by atoms with van der Waals surface area (Å²) in [5.74, 6) is 1.39. The molecule has 0 aliphatic rings. The lowest BCUT2D eigenvalue weighted by Crippen LogP contribution is -2.21. The molecule has 8 heteroatoms. The molecule has 0 spiro atoms. The maximum absolute atomic E-state index is 12.4. The Bertz CT molecular complexity index is 906. The molecule has 3 aromatic rings. The van der Waals surface area contributed by atoms with E-state index in [1.807, 2.05) is 32.0 Å². The van der Waals surface area contributed by atoms with E-state index in [-0.39, 0.29) is 5.95 Å². The van der Waals surface area contributed by atoms with Crippen molar-refractivity contribution in [1.29, 1.82) is 0 Å². The van der Waals surface area contributed by atoms with E-state index in [0.29, 0.717) is 29.6 Å². The van der Waals surface area contributed by atoms with Crippen LogP contribution in [0.15, 0.2) is 36.4 Å². The molecule has 2 N–H and O–H groups in total. The van der Waals surface area contributed by atoms with Gasteiger partial charge < -0.3 is 14.8 Å². The van der Waals surface area contributed by atoms with Crippen molar-refractivity contribution in [2.45, 2.75) is 13.8 Å². The average Bonchev–Trinajstić information content (AvgIpc) is 2.99. The Hall–Kier alpha value is -3.29. The number of aryl methyl sites for hydroxylation is 1. The van der Waals surface area contributed by atoms with Gasteiger partial charge in [-0.25, -0.2) is 9.20 Å². The number of hydrogen-bond acceptors (Lipinski definition) is 5. The fraction of sp³-hybridized carbons (Fsp3) is 0.235. The monoisotopic (exact) mass is 341 g/mol. The first-order valence-corrected chi connectivity index (χ1v) is 7.82. The lowest BCUT2D eigenvalue weighted by molar-refractivity contribution is 0.261. The summed E-state index contributed by atoms with van der Waals surface area (Å²) in [7, 11) is 1.55. The Labute approximate surface area is 144 Å². The van der Waals surface area contributed by atoms with Gasteiger partial charge in [0.25, 0.3) is 0 Å². The number of ether oxygens (including phenoxy) is 2. The van der Waals surface area contributed by atoms with Crippen LogP contribution in [0.25, 0.3) is 5.65 Å². The normalized spacial score (nSPS) is 10.5. The van der Waals surface area contributed by atoms with Gasteiger partial charge in [-0.15, -0.1) is 10.2 Å². The zero-order chi connectivity index (χ0) is 17.8. The highest BCUT2D eigenvalue weighted by Crippen LogP contribution is 2.25. The Balaban J connectivity index is 1.84. The molecule has 8 nitrogen and oxygen atoms in total. The van der Waals surface area contributed by atoms with E-state index in [2.05, 4.69) is 20.8 Å². The number of fused-ring (bicyclic) bond motifs is 1. The molecule has 0 bridgehead atoms. The molecule has 2 heterocycles. The zero-order valence-electron chi connectivity index (χ0n) is 14.2. The number of aromatic nitrogens is 3. The minimum Gasteiger partial charge on any atom is -0.495 e. The summed E-state index contributed by atoms with van der Waals surface area (Å²) >= 11 is 0. The van der Waals surface area contributed by atoms with Crippen LogP contribution in [0, 0.1) is 6.92 Å². The van der Waals surface area contributed by atoms with Crippen molar-refractivity contribution in [1.82, 2.24) is 14.6 Å². The van der Waals surface area contributed by atoms with Gasteiger partial charge in [0.05, 0.1) is 19.4 Å². The van der Waals surface area contributed by atoms with Crippen molar-refractivity contribution in [3.8, 4) is 11.6 Å². The second kappa shape index (κ2) is 7.08. The molecule has 25 heavy (non-hydrogen) atoms. The average molecular weight is 341 g/mol. The van der Waals surface area contributed by atoms with Crippen LogP contribution in [0.4, 0.5) is 16.4 Å². The van der Waals surface area contributed by atoms with Crippen LogP contribution < -0.4 is 20.1 Å². The van der Waals surface area contributed by atoms with Gasteiger partial charge in [-0.2, -0.15) is 0 Å². The summed E-state index contributed by atoms with van der Waals surface area (Å²) in [4.78, 5) is 12.4. The Morgan fingerprint density at radius 1 is 1.20 bits per heavy atom. The maximum Gasteiger partial charge on any atom is 0.326 e. The van der Waals surface area contributed by atoms with Crippen molar-refractivity contribution in [2.75, 3.05) is 24.4 Å². The van der Waals surface area contributed by atoms with E-state index in [1.165, 1.54) is 0 Å². The number of carbonyl (C=O) groups is 1. The van der Waals surface area contributed by atoms with Crippen molar-refractivity contribution < 1.29 is 14.3 Å². The van der Waals surface area contributed by atoms with Gasteiger partial charge in [-0.05, 0) is 43.7 Å². The first-order valence-electron chi connectivity index (χ1n) is 7.82. The number of pyridine rings is 1. The Morgan fingerprint density at radius 3 is 2.80 bits per heavy atom. The first-order chi connectivity index (χ1) is 12.1. The topological polar surface area (TPSA) is 89.8 Å². The molecular formula is C17H19N5O3. The number of carbonyl (C=O) groups excluding carboxylic acids is 1. The van der Waals surface area contributed by atoms with E-state index in [1.54, 1.807) is 29.7 Å². The number of nitrogens with zero attached hydrogens (tertiary/aromatic N) is 3. The van der Waals surface area contributed by atoms with E-state index in [0.717, 1.165) is 5.56 Å². The molecule has 130 valence electrons. The van der Waals surface area contributed by atoms with Crippen LogP contribution in [0.3, 0.4) is 0 Å². The minimum atomic E-state index is -0.454. The predicted molar refractivity (Wildman–Crippen MR) is 94.5 cm³/mol. The number of anilines is 2. The molecule has 3 rings (SSSR count). The van der Waals surface area contributed by atoms with Gasteiger partial charge in [0.1, 0.15) is 5.75 Å². The van der Waals surface area contributed by atoms with Gasteiger partial charge in [-0.1, -0.05) is 12.1 Å². The summed E-state index contributed by atoms with van der Waals surface area (Å²) in [6, 6.07) is 10.5. The van der Waals surface area contributed by atoms with Crippen LogP contribution in [0.2, 0.25) is 0 Å². The smallest absolute Gasteiger partial charge is 0.326 e. The van der Waals surface area contributed by atoms with Gasteiger partial charge in [0.2, 0.25) is 11.8 Å². The molecule has 0 aliphatic heterocycles. The van der Waals surface area contributed by atoms with Crippen LogP contribution >= 0.6 is 0 Å². The standard InChI is InChI=1S/C17H19N5O3/c1-4-25-15-7-5-6-14-20-21-16(22(14)15)19-17(23)18-12-10-11(2)8-9-13(12)24-3/h5-10H,4H2,1-3H3,(H2,18,19,21,23). The zero-order valence-corrected chi connectivity index (χ0v) is 14.2. The molecule has 1 aromatic carbocycles. The third-order valence-corrected chi connectivity index (χ3v) is 3.51. The summed E-state index contributed by atoms with van der Waals surface area (Å²) in [6.45, 7) is 4.30. The highest BCUT2D eigenvalue weighted by atomic mass is 16.5. The molecular weight excluding hydrogens is 322 g/mol. The van der Waals surface area contributed by atoms with Gasteiger partial charge >= 0.3 is 6.03 Å². The van der Waals surface area contributed by atoms with Gasteiger partial charge in [0, 0.05) is 0 Å². The van der Waals surface area contributed by atoms with E-state index < -0.39 is 6.03 Å². The van der Waals surface area contributed by atoms with Crippen molar-refractivity contribution in [2.24, 2.45) is 0 Å². The largest absolute Gasteiger partial charge is 0.495 e. The lowest BCUT2D eigenvalue weighted by atomic mass is 10.2. The van der Waals surface area contributed by atoms with Crippen molar-refractivity contribution >= 4 is 23.3 Å². The number of amides is 2. The number of urea groups is 1. The van der Waals surface area contributed by atoms with E-state index in [9.17, 15) is 4.79 Å². The van der Waals surface area contributed by atoms with Crippen LogP contribution in [0.1, 0.15) is 12.5 Å². The fourth-order valence-electron chi connectivity index (χ4n) is 2.43. The van der Waals surface area contributed by atoms with Crippen molar-refractivity contribution in [3.63, 3.8) is 0 Å².